The van der Waals surface area contributed by atoms with Crippen molar-refractivity contribution in [3.63, 3.8) is 0 Å². The van der Waals surface area contributed by atoms with Gasteiger partial charge in [0.1, 0.15) is 6.29 Å². The van der Waals surface area contributed by atoms with Gasteiger partial charge in [0.05, 0.1) is 39.6 Å². The molecule has 1 heterocycles. The monoisotopic (exact) mass is 746 g/mol. The average molecular weight is 746 g/mol. The molecule has 52 heavy (non-hydrogen) atoms. The van der Waals surface area contributed by atoms with Crippen LogP contribution in [0, 0.1) is 0 Å². The first-order valence-electron chi connectivity index (χ1n) is 18.1. The summed E-state index contributed by atoms with van der Waals surface area (Å²) in [7, 11) is 1.74. The maximum absolute atomic E-state index is 12.5. The highest BCUT2D eigenvalue weighted by Crippen LogP contribution is 2.06. The van der Waals surface area contributed by atoms with Crippen molar-refractivity contribution in [1.82, 2.24) is 46.6 Å². The molecule has 1 rings (SSSR count). The molecule has 1 aliphatic rings. The predicted octanol–water partition coefficient (Wildman–Crippen LogP) is -0.177. The van der Waals surface area contributed by atoms with Crippen LogP contribution < -0.4 is 31.9 Å². The number of carbonyl (C=O) groups is 9. The highest BCUT2D eigenvalue weighted by molar-refractivity contribution is 5.87. The van der Waals surface area contributed by atoms with E-state index < -0.39 is 0 Å². The zero-order chi connectivity index (χ0) is 40.9. The molecule has 18 heteroatoms. The van der Waals surface area contributed by atoms with Crippen molar-refractivity contribution in [1.29, 1.82) is 0 Å². The number of hydrogen-bond donors (Lipinski definition) is 6. The van der Waals surface area contributed by atoms with Gasteiger partial charge in [0.15, 0.2) is 0 Å². The molecule has 0 atom stereocenters. The maximum atomic E-state index is 12.5. The van der Waals surface area contributed by atoms with Crippen LogP contribution in [0.4, 0.5) is 0 Å². The van der Waals surface area contributed by atoms with Crippen LogP contribution in [-0.2, 0) is 43.2 Å². The summed E-state index contributed by atoms with van der Waals surface area (Å²) < 4.78 is 0. The van der Waals surface area contributed by atoms with Gasteiger partial charge in [-0.2, -0.15) is 0 Å². The van der Waals surface area contributed by atoms with Crippen molar-refractivity contribution >= 4 is 53.5 Å². The van der Waals surface area contributed by atoms with Gasteiger partial charge in [-0.05, 0) is 7.05 Å². The number of aldehydes is 1. The van der Waals surface area contributed by atoms with Crippen LogP contribution in [0.1, 0.15) is 101 Å². The summed E-state index contributed by atoms with van der Waals surface area (Å²) in [4.78, 5) is 107. The van der Waals surface area contributed by atoms with Crippen molar-refractivity contribution < 1.29 is 43.2 Å². The second-order valence-corrected chi connectivity index (χ2v) is 10.0. The lowest BCUT2D eigenvalue weighted by Crippen LogP contribution is -2.59. The zero-order valence-electron chi connectivity index (χ0n) is 33.2. The minimum absolute atomic E-state index is 0.0283. The van der Waals surface area contributed by atoms with E-state index in [1.807, 2.05) is 41.5 Å². The molecule has 6 N–H and O–H groups in total. The lowest BCUT2D eigenvalue weighted by molar-refractivity contribution is -0.151. The van der Waals surface area contributed by atoms with E-state index >= 15 is 0 Å². The molecule has 1 aliphatic heterocycles. The third-order valence-electron chi connectivity index (χ3n) is 6.11. The smallest absolute Gasteiger partial charge is 0.244 e. The Morgan fingerprint density at radius 2 is 0.788 bits per heavy atom. The fourth-order valence-corrected chi connectivity index (χ4v) is 3.55. The molecule has 0 aromatic heterocycles. The number of nitrogens with zero attached hydrogens (tertiary/aromatic N) is 3. The summed E-state index contributed by atoms with van der Waals surface area (Å²) in [5, 5.41) is 15.1. The molecule has 8 amide bonds. The first-order valence-corrected chi connectivity index (χ1v) is 18.1. The molecular formula is C34H67N9O9. The Hall–Kier alpha value is -4.61. The Kier molecular flexibility index (Phi) is 39.2. The molecule has 1 saturated heterocycles. The molecule has 0 unspecified atom stereocenters. The molecule has 0 radical (unpaired) electrons. The molecule has 1 fully saturated rings. The number of hydrogen-bond acceptors (Lipinski definition) is 10. The molecule has 0 aromatic carbocycles. The summed E-state index contributed by atoms with van der Waals surface area (Å²) in [6.45, 7) is 18.0. The molecule has 0 saturated carbocycles. The fraction of sp³-hybridized carbons (Fsp3) is 0.735. The number of rotatable bonds is 18. The quantitative estimate of drug-likeness (QED) is 0.101. The van der Waals surface area contributed by atoms with Crippen molar-refractivity contribution in [3.05, 3.63) is 0 Å². The second kappa shape index (κ2) is 37.6. The molecule has 302 valence electrons. The number of amides is 8. The van der Waals surface area contributed by atoms with Crippen molar-refractivity contribution in [3.8, 4) is 0 Å². The van der Waals surface area contributed by atoms with E-state index in [2.05, 4.69) is 31.9 Å². The van der Waals surface area contributed by atoms with Crippen LogP contribution in [0.3, 0.4) is 0 Å². The van der Waals surface area contributed by atoms with Crippen LogP contribution in [0.25, 0.3) is 0 Å². The minimum Gasteiger partial charge on any atom is -0.356 e. The van der Waals surface area contributed by atoms with Gasteiger partial charge in [-0.3, -0.25) is 43.3 Å². The lowest BCUT2D eigenvalue weighted by atomic mass is 10.3. The second-order valence-electron chi connectivity index (χ2n) is 10.0. The third-order valence-corrected chi connectivity index (χ3v) is 6.11. The zero-order valence-corrected chi connectivity index (χ0v) is 33.2. The van der Waals surface area contributed by atoms with E-state index in [9.17, 15) is 43.2 Å². The Morgan fingerprint density at radius 1 is 0.481 bits per heavy atom. The SMILES string of the molecule is CC.CC.CC.CCC(=O)NCCC(=O)NCC(=O)N1CN(C)CN(C(=O)CNC(=O)CCNC(=O)CC)C1.CCC(=O)NCCC(=O)NCC=O. The average Bonchev–Trinajstić information content (AvgIpc) is 3.17. The Balaban J connectivity index is -0.000000505. The molecule has 0 bridgehead atoms. The summed E-state index contributed by atoms with van der Waals surface area (Å²) in [5.74, 6) is -2.07. The normalized spacial score (nSPS) is 11.3. The van der Waals surface area contributed by atoms with Crippen LogP contribution >= 0.6 is 0 Å². The Bertz CT molecular complexity index is 1000. The maximum Gasteiger partial charge on any atom is 0.244 e. The summed E-state index contributed by atoms with van der Waals surface area (Å²) in [6.07, 6.45) is 2.02. The summed E-state index contributed by atoms with van der Waals surface area (Å²) in [5.41, 5.74) is 0. The topological polar surface area (TPSA) is 236 Å². The van der Waals surface area contributed by atoms with Gasteiger partial charge < -0.3 is 46.5 Å². The lowest BCUT2D eigenvalue weighted by Gasteiger charge is -2.40. The number of nitrogens with one attached hydrogen (secondary N) is 6. The van der Waals surface area contributed by atoms with E-state index in [-0.39, 0.29) is 119 Å². The van der Waals surface area contributed by atoms with E-state index in [0.717, 1.165) is 0 Å². The van der Waals surface area contributed by atoms with Gasteiger partial charge in [-0.15, -0.1) is 0 Å². The Morgan fingerprint density at radius 3 is 1.08 bits per heavy atom. The third kappa shape index (κ3) is 31.4. The van der Waals surface area contributed by atoms with Gasteiger partial charge in [-0.1, -0.05) is 62.3 Å². The molecule has 0 spiro atoms. The molecular weight excluding hydrogens is 678 g/mol. The van der Waals surface area contributed by atoms with E-state index in [1.54, 1.807) is 32.7 Å². The number of carbonyl (C=O) groups excluding carboxylic acids is 9. The van der Waals surface area contributed by atoms with Crippen LogP contribution in [0.15, 0.2) is 0 Å². The van der Waals surface area contributed by atoms with Crippen LogP contribution in [0.2, 0.25) is 0 Å². The Labute approximate surface area is 310 Å². The van der Waals surface area contributed by atoms with Gasteiger partial charge in [0, 0.05) is 58.2 Å². The molecule has 0 aliphatic carbocycles. The van der Waals surface area contributed by atoms with Gasteiger partial charge in [0.25, 0.3) is 0 Å². The van der Waals surface area contributed by atoms with Gasteiger partial charge in [0.2, 0.25) is 47.3 Å². The summed E-state index contributed by atoms with van der Waals surface area (Å²) in [6, 6.07) is 0. The minimum atomic E-state index is -0.365. The fourth-order valence-electron chi connectivity index (χ4n) is 3.55. The van der Waals surface area contributed by atoms with Crippen molar-refractivity contribution in [2.75, 3.05) is 66.3 Å². The van der Waals surface area contributed by atoms with Crippen molar-refractivity contribution in [2.45, 2.75) is 101 Å². The van der Waals surface area contributed by atoms with Crippen LogP contribution in [-0.4, -0.2) is 135 Å². The standard InChI is InChI=1S/C20H35N7O6.C8H14N2O3.3C2H6/c1-4-15(28)21-8-6-17(30)23-10-19(32)26-12-25(3)13-27(14-26)20(33)11-24-18(31)7-9-22-16(29)5-2;1-2-7(12)9-4-3-8(13)10-5-6-11;3*1-2/h4-14H2,1-3H3,(H,21,28)(H,22,29)(H,23,30)(H,24,31);6H,2-5H2,1H3,(H,9,12)(H,10,13);3*1-2H3. The largest absolute Gasteiger partial charge is 0.356 e. The molecule has 0 aromatic rings. The van der Waals surface area contributed by atoms with Gasteiger partial charge >= 0.3 is 0 Å². The molecule has 18 nitrogen and oxygen atoms in total. The van der Waals surface area contributed by atoms with Crippen LogP contribution in [0.5, 0.6) is 0 Å². The van der Waals surface area contributed by atoms with E-state index in [4.69, 9.17) is 0 Å². The van der Waals surface area contributed by atoms with Crippen molar-refractivity contribution in [2.24, 2.45) is 0 Å². The highest BCUT2D eigenvalue weighted by Gasteiger charge is 2.28. The van der Waals surface area contributed by atoms with E-state index in [1.165, 1.54) is 9.80 Å². The summed E-state index contributed by atoms with van der Waals surface area (Å²) >= 11 is 0. The highest BCUT2D eigenvalue weighted by atomic mass is 16.2. The van der Waals surface area contributed by atoms with E-state index in [0.29, 0.717) is 32.1 Å². The first-order chi connectivity index (χ1) is 24.9. The first kappa shape index (κ1) is 54.2. The predicted molar refractivity (Wildman–Crippen MR) is 199 cm³/mol. The van der Waals surface area contributed by atoms with Gasteiger partial charge in [-0.25, -0.2) is 0 Å².